The molecule has 0 aliphatic rings. The van der Waals surface area contributed by atoms with Gasteiger partial charge in [0.15, 0.2) is 0 Å². The molecule has 0 spiro atoms. The maximum absolute atomic E-state index is 12.3. The van der Waals surface area contributed by atoms with E-state index in [1.807, 2.05) is 0 Å². The lowest BCUT2D eigenvalue weighted by Crippen LogP contribution is -2.17. The molecule has 0 unspecified atom stereocenters. The molecular formula is C15H12ClN3O4. The van der Waals surface area contributed by atoms with Gasteiger partial charge < -0.3 is 11.1 Å². The van der Waals surface area contributed by atoms with Crippen molar-refractivity contribution in [2.75, 3.05) is 5.32 Å². The molecule has 2 aromatic rings. The fourth-order valence-corrected chi connectivity index (χ4v) is 2.29. The Bertz CT molecular complexity index is 820. The van der Waals surface area contributed by atoms with Crippen LogP contribution in [0.1, 0.15) is 26.3 Å². The summed E-state index contributed by atoms with van der Waals surface area (Å²) >= 11 is 5.92. The summed E-state index contributed by atoms with van der Waals surface area (Å²) in [5.74, 6) is -1.15. The molecular weight excluding hydrogens is 322 g/mol. The summed E-state index contributed by atoms with van der Waals surface area (Å²) in [6, 6.07) is 8.30. The monoisotopic (exact) mass is 333 g/mol. The third-order valence-electron chi connectivity index (χ3n) is 3.26. The number of nitrogens with two attached hydrogens (primary N) is 1. The minimum Gasteiger partial charge on any atom is -0.366 e. The molecule has 2 aromatic carbocycles. The molecule has 0 atom stereocenters. The zero-order chi connectivity index (χ0) is 17.1. The molecule has 7 nitrogen and oxygen atoms in total. The van der Waals surface area contributed by atoms with Gasteiger partial charge in [-0.05, 0) is 30.7 Å². The van der Waals surface area contributed by atoms with E-state index >= 15 is 0 Å². The number of carbonyl (C=O) groups is 2. The molecule has 0 aliphatic carbocycles. The van der Waals surface area contributed by atoms with Crippen molar-refractivity contribution in [2.45, 2.75) is 6.92 Å². The van der Waals surface area contributed by atoms with E-state index in [1.54, 1.807) is 25.1 Å². The molecule has 0 aliphatic heterocycles. The van der Waals surface area contributed by atoms with E-state index < -0.39 is 16.7 Å². The van der Waals surface area contributed by atoms with Crippen molar-refractivity contribution in [2.24, 2.45) is 5.73 Å². The number of benzene rings is 2. The Hall–Kier alpha value is -2.93. The Kier molecular flexibility index (Phi) is 4.61. The number of primary amides is 1. The van der Waals surface area contributed by atoms with Crippen molar-refractivity contribution < 1.29 is 14.5 Å². The van der Waals surface area contributed by atoms with Gasteiger partial charge >= 0.3 is 0 Å². The van der Waals surface area contributed by atoms with Gasteiger partial charge in [0.1, 0.15) is 0 Å². The molecule has 0 bridgehead atoms. The van der Waals surface area contributed by atoms with Crippen LogP contribution in [0.15, 0.2) is 36.4 Å². The number of halogens is 1. The molecule has 8 heteroatoms. The molecule has 0 saturated carbocycles. The van der Waals surface area contributed by atoms with Gasteiger partial charge in [0.2, 0.25) is 5.91 Å². The second kappa shape index (κ2) is 6.45. The van der Waals surface area contributed by atoms with Crippen LogP contribution in [0.4, 0.5) is 11.4 Å². The zero-order valence-electron chi connectivity index (χ0n) is 12.0. The first kappa shape index (κ1) is 16.4. The summed E-state index contributed by atoms with van der Waals surface area (Å²) in [5, 5.41) is 13.2. The standard InChI is InChI=1S/C15H12ClN3O4/c1-8-10(14(17)20)3-2-4-13(8)18-15(21)11-6-5-9(19(22)23)7-12(11)16/h2-7H,1H3,(H2,17,20)(H,18,21). The van der Waals surface area contributed by atoms with Gasteiger partial charge in [0.25, 0.3) is 11.6 Å². The van der Waals surface area contributed by atoms with E-state index in [0.29, 0.717) is 11.3 Å². The van der Waals surface area contributed by atoms with Gasteiger partial charge in [-0.25, -0.2) is 0 Å². The van der Waals surface area contributed by atoms with Gasteiger partial charge in [-0.3, -0.25) is 19.7 Å². The molecule has 0 heterocycles. The summed E-state index contributed by atoms with van der Waals surface area (Å²) in [6.45, 7) is 1.65. The summed E-state index contributed by atoms with van der Waals surface area (Å²) in [4.78, 5) is 33.6. The van der Waals surface area contributed by atoms with Gasteiger partial charge in [-0.1, -0.05) is 17.7 Å². The predicted octanol–water partition coefficient (Wildman–Crippen LogP) is 2.91. The largest absolute Gasteiger partial charge is 0.366 e. The first-order valence-electron chi connectivity index (χ1n) is 6.46. The smallest absolute Gasteiger partial charge is 0.270 e. The predicted molar refractivity (Wildman–Crippen MR) is 85.8 cm³/mol. The second-order valence-corrected chi connectivity index (χ2v) is 5.12. The molecule has 118 valence electrons. The summed E-state index contributed by atoms with van der Waals surface area (Å²) in [7, 11) is 0. The number of hydrogen-bond acceptors (Lipinski definition) is 4. The van der Waals surface area contributed by atoms with Crippen LogP contribution in [-0.4, -0.2) is 16.7 Å². The molecule has 0 aromatic heterocycles. The van der Waals surface area contributed by atoms with E-state index in [4.69, 9.17) is 17.3 Å². The van der Waals surface area contributed by atoms with Gasteiger partial charge in [-0.15, -0.1) is 0 Å². The Morgan fingerprint density at radius 2 is 1.91 bits per heavy atom. The number of nitrogens with zero attached hydrogens (tertiary/aromatic N) is 1. The van der Waals surface area contributed by atoms with Gasteiger partial charge in [0, 0.05) is 23.4 Å². The van der Waals surface area contributed by atoms with Gasteiger partial charge in [-0.2, -0.15) is 0 Å². The molecule has 0 radical (unpaired) electrons. The molecule has 23 heavy (non-hydrogen) atoms. The molecule has 3 N–H and O–H groups in total. The average Bonchev–Trinajstić information content (AvgIpc) is 2.48. The van der Waals surface area contributed by atoms with E-state index in [0.717, 1.165) is 6.07 Å². The normalized spacial score (nSPS) is 10.2. The fraction of sp³-hybridized carbons (Fsp3) is 0.0667. The third kappa shape index (κ3) is 3.46. The third-order valence-corrected chi connectivity index (χ3v) is 3.57. The number of nitro benzene ring substituents is 1. The number of carbonyl (C=O) groups excluding carboxylic acids is 2. The summed E-state index contributed by atoms with van der Waals surface area (Å²) in [6.07, 6.45) is 0. The van der Waals surface area contributed by atoms with Crippen LogP contribution >= 0.6 is 11.6 Å². The lowest BCUT2D eigenvalue weighted by molar-refractivity contribution is -0.384. The first-order chi connectivity index (χ1) is 10.8. The molecule has 2 rings (SSSR count). The molecule has 0 saturated heterocycles. The minimum absolute atomic E-state index is 0.0413. The van der Waals surface area contributed by atoms with Crippen LogP contribution in [-0.2, 0) is 0 Å². The van der Waals surface area contributed by atoms with E-state index in [1.165, 1.54) is 12.1 Å². The van der Waals surface area contributed by atoms with E-state index in [9.17, 15) is 19.7 Å². The highest BCUT2D eigenvalue weighted by Gasteiger charge is 2.16. The molecule has 2 amide bonds. The molecule has 0 fully saturated rings. The first-order valence-corrected chi connectivity index (χ1v) is 6.83. The summed E-state index contributed by atoms with van der Waals surface area (Å²) in [5.41, 5.74) is 6.35. The SMILES string of the molecule is Cc1c(NC(=O)c2ccc([N+](=O)[O-])cc2Cl)cccc1C(N)=O. The Morgan fingerprint density at radius 3 is 2.48 bits per heavy atom. The minimum atomic E-state index is -0.605. The highest BCUT2D eigenvalue weighted by molar-refractivity contribution is 6.34. The van der Waals surface area contributed by atoms with Crippen LogP contribution < -0.4 is 11.1 Å². The number of nitrogens with one attached hydrogen (secondary N) is 1. The fourth-order valence-electron chi connectivity index (χ4n) is 2.03. The second-order valence-electron chi connectivity index (χ2n) is 4.72. The quantitative estimate of drug-likeness (QED) is 0.661. The number of nitro groups is 1. The lowest BCUT2D eigenvalue weighted by Gasteiger charge is -2.11. The van der Waals surface area contributed by atoms with Gasteiger partial charge in [0.05, 0.1) is 15.5 Å². The van der Waals surface area contributed by atoms with E-state index in [-0.39, 0.29) is 21.8 Å². The highest BCUT2D eigenvalue weighted by Crippen LogP contribution is 2.25. The highest BCUT2D eigenvalue weighted by atomic mass is 35.5. The van der Waals surface area contributed by atoms with Crippen LogP contribution in [0.3, 0.4) is 0 Å². The van der Waals surface area contributed by atoms with Crippen LogP contribution in [0, 0.1) is 17.0 Å². The zero-order valence-corrected chi connectivity index (χ0v) is 12.8. The number of amides is 2. The Labute approximate surface area is 136 Å². The lowest BCUT2D eigenvalue weighted by atomic mass is 10.1. The van der Waals surface area contributed by atoms with Crippen molar-refractivity contribution in [1.82, 2.24) is 0 Å². The van der Waals surface area contributed by atoms with Crippen molar-refractivity contribution in [3.05, 3.63) is 68.2 Å². The summed E-state index contributed by atoms with van der Waals surface area (Å²) < 4.78 is 0. The maximum Gasteiger partial charge on any atom is 0.270 e. The number of hydrogen-bond donors (Lipinski definition) is 2. The Morgan fingerprint density at radius 1 is 1.22 bits per heavy atom. The van der Waals surface area contributed by atoms with Crippen LogP contribution in [0.25, 0.3) is 0 Å². The van der Waals surface area contributed by atoms with Crippen LogP contribution in [0.5, 0.6) is 0 Å². The number of non-ortho nitro benzene ring substituents is 1. The van der Waals surface area contributed by atoms with Crippen molar-refractivity contribution in [1.29, 1.82) is 0 Å². The Balaban J connectivity index is 2.31. The maximum atomic E-state index is 12.3. The topological polar surface area (TPSA) is 115 Å². The van der Waals surface area contributed by atoms with E-state index in [2.05, 4.69) is 5.32 Å². The average molecular weight is 334 g/mol. The van der Waals surface area contributed by atoms with Crippen molar-refractivity contribution in [3.63, 3.8) is 0 Å². The number of rotatable bonds is 4. The van der Waals surface area contributed by atoms with Crippen molar-refractivity contribution >= 4 is 34.8 Å². The van der Waals surface area contributed by atoms with Crippen molar-refractivity contribution in [3.8, 4) is 0 Å². The van der Waals surface area contributed by atoms with Crippen LogP contribution in [0.2, 0.25) is 5.02 Å². The number of anilines is 1.